The molecule has 1 aromatic heterocycles. The quantitative estimate of drug-likeness (QED) is 0.808. The summed E-state index contributed by atoms with van der Waals surface area (Å²) in [5.41, 5.74) is 1.92. The molecule has 0 fully saturated rings. The lowest BCUT2D eigenvalue weighted by molar-refractivity contribution is 0.624. The van der Waals surface area contributed by atoms with Crippen LogP contribution in [0.3, 0.4) is 0 Å². The van der Waals surface area contributed by atoms with Crippen LogP contribution in [0.2, 0.25) is 0 Å². The lowest BCUT2D eigenvalue weighted by Gasteiger charge is -2.23. The van der Waals surface area contributed by atoms with E-state index in [1.165, 1.54) is 6.07 Å². The lowest BCUT2D eigenvalue weighted by Crippen LogP contribution is -2.27. The maximum absolute atomic E-state index is 13.2. The highest BCUT2D eigenvalue weighted by Crippen LogP contribution is 2.12. The molecule has 0 amide bonds. The number of halogens is 1. The fourth-order valence-electron chi connectivity index (χ4n) is 2.17. The highest BCUT2D eigenvalue weighted by Gasteiger charge is 2.08. The minimum Gasteiger partial charge on any atom is -0.355 e. The monoisotopic (exact) mass is 273 g/mol. The Labute approximate surface area is 119 Å². The molecule has 0 saturated carbocycles. The predicted octanol–water partition coefficient (Wildman–Crippen LogP) is 3.38. The standard InChI is InChI=1S/C16H20FN3/c1-3-8-20(16-12-18-11-13(2)19-16)9-7-14-5-4-6-15(17)10-14/h4-6,10-12H,3,7-9H2,1-2H3. The Kier molecular flexibility index (Phi) is 5.04. The molecule has 0 aliphatic heterocycles. The first-order valence-corrected chi connectivity index (χ1v) is 6.97. The van der Waals surface area contributed by atoms with Gasteiger partial charge in [-0.15, -0.1) is 0 Å². The maximum atomic E-state index is 13.2. The highest BCUT2D eigenvalue weighted by molar-refractivity contribution is 5.36. The van der Waals surface area contributed by atoms with E-state index in [9.17, 15) is 4.39 Å². The molecule has 106 valence electrons. The van der Waals surface area contributed by atoms with Crippen molar-refractivity contribution in [2.75, 3.05) is 18.0 Å². The number of hydrogen-bond donors (Lipinski definition) is 0. The van der Waals surface area contributed by atoms with Gasteiger partial charge in [0.1, 0.15) is 11.6 Å². The van der Waals surface area contributed by atoms with Crippen LogP contribution in [0, 0.1) is 12.7 Å². The summed E-state index contributed by atoms with van der Waals surface area (Å²) in [6.45, 7) is 5.81. The Morgan fingerprint density at radius 2 is 2.05 bits per heavy atom. The van der Waals surface area contributed by atoms with Gasteiger partial charge < -0.3 is 4.90 Å². The average Bonchev–Trinajstić information content (AvgIpc) is 2.43. The molecular weight excluding hydrogens is 253 g/mol. The molecule has 2 rings (SSSR count). The van der Waals surface area contributed by atoms with E-state index in [0.29, 0.717) is 0 Å². The van der Waals surface area contributed by atoms with Crippen LogP contribution in [0.15, 0.2) is 36.7 Å². The Hall–Kier alpha value is -1.97. The summed E-state index contributed by atoms with van der Waals surface area (Å²) < 4.78 is 13.2. The van der Waals surface area contributed by atoms with Crippen LogP contribution in [0.25, 0.3) is 0 Å². The maximum Gasteiger partial charge on any atom is 0.147 e. The number of hydrogen-bond acceptors (Lipinski definition) is 3. The molecule has 0 atom stereocenters. The summed E-state index contributed by atoms with van der Waals surface area (Å²) in [5, 5.41) is 0. The van der Waals surface area contributed by atoms with E-state index in [-0.39, 0.29) is 5.82 Å². The number of nitrogens with zero attached hydrogens (tertiary/aromatic N) is 3. The molecule has 0 aliphatic rings. The smallest absolute Gasteiger partial charge is 0.147 e. The molecule has 0 radical (unpaired) electrons. The van der Waals surface area contributed by atoms with E-state index in [2.05, 4.69) is 21.8 Å². The van der Waals surface area contributed by atoms with Gasteiger partial charge in [0.25, 0.3) is 0 Å². The lowest BCUT2D eigenvalue weighted by atomic mass is 10.1. The van der Waals surface area contributed by atoms with E-state index < -0.39 is 0 Å². The van der Waals surface area contributed by atoms with E-state index in [1.54, 1.807) is 24.5 Å². The Morgan fingerprint density at radius 3 is 2.75 bits per heavy atom. The summed E-state index contributed by atoms with van der Waals surface area (Å²) in [5.74, 6) is 0.711. The molecule has 1 aromatic carbocycles. The van der Waals surface area contributed by atoms with Gasteiger partial charge in [-0.05, 0) is 37.5 Å². The SMILES string of the molecule is CCCN(CCc1cccc(F)c1)c1cncc(C)n1. The van der Waals surface area contributed by atoms with E-state index in [4.69, 9.17) is 0 Å². The highest BCUT2D eigenvalue weighted by atomic mass is 19.1. The predicted molar refractivity (Wildman–Crippen MR) is 79.4 cm³/mol. The summed E-state index contributed by atoms with van der Waals surface area (Å²) in [4.78, 5) is 10.9. The van der Waals surface area contributed by atoms with Crippen molar-refractivity contribution < 1.29 is 4.39 Å². The van der Waals surface area contributed by atoms with Gasteiger partial charge in [-0.3, -0.25) is 4.98 Å². The first-order chi connectivity index (χ1) is 9.69. The summed E-state index contributed by atoms with van der Waals surface area (Å²) in [7, 11) is 0. The zero-order valence-corrected chi connectivity index (χ0v) is 12.0. The Balaban J connectivity index is 2.06. The van der Waals surface area contributed by atoms with Crippen molar-refractivity contribution in [3.05, 3.63) is 53.7 Å². The molecule has 0 saturated heterocycles. The summed E-state index contributed by atoms with van der Waals surface area (Å²) in [6.07, 6.45) is 5.38. The van der Waals surface area contributed by atoms with Crippen LogP contribution in [0.5, 0.6) is 0 Å². The Morgan fingerprint density at radius 1 is 1.20 bits per heavy atom. The molecule has 0 spiro atoms. The molecule has 0 aliphatic carbocycles. The van der Waals surface area contributed by atoms with Crippen LogP contribution in [-0.4, -0.2) is 23.1 Å². The van der Waals surface area contributed by atoms with E-state index in [0.717, 1.165) is 43.0 Å². The van der Waals surface area contributed by atoms with Gasteiger partial charge in [-0.25, -0.2) is 9.37 Å². The summed E-state index contributed by atoms with van der Waals surface area (Å²) in [6, 6.07) is 6.77. The number of anilines is 1. The van der Waals surface area contributed by atoms with Gasteiger partial charge in [0.05, 0.1) is 11.9 Å². The van der Waals surface area contributed by atoms with E-state index >= 15 is 0 Å². The molecular formula is C16H20FN3. The van der Waals surface area contributed by atoms with Crippen molar-refractivity contribution in [3.8, 4) is 0 Å². The van der Waals surface area contributed by atoms with Gasteiger partial charge in [0, 0.05) is 19.3 Å². The number of rotatable bonds is 6. The largest absolute Gasteiger partial charge is 0.355 e. The third kappa shape index (κ3) is 4.02. The third-order valence-corrected chi connectivity index (χ3v) is 3.12. The fourth-order valence-corrected chi connectivity index (χ4v) is 2.17. The molecule has 0 bridgehead atoms. The van der Waals surface area contributed by atoms with Gasteiger partial charge in [-0.1, -0.05) is 19.1 Å². The van der Waals surface area contributed by atoms with Crippen molar-refractivity contribution in [3.63, 3.8) is 0 Å². The van der Waals surface area contributed by atoms with Crippen LogP contribution < -0.4 is 4.90 Å². The molecule has 3 nitrogen and oxygen atoms in total. The molecule has 0 unspecified atom stereocenters. The molecule has 0 N–H and O–H groups in total. The van der Waals surface area contributed by atoms with Gasteiger partial charge in [0.15, 0.2) is 0 Å². The number of aryl methyl sites for hydroxylation is 1. The second kappa shape index (κ2) is 6.98. The van der Waals surface area contributed by atoms with Crippen LogP contribution in [0.1, 0.15) is 24.6 Å². The zero-order valence-electron chi connectivity index (χ0n) is 12.0. The summed E-state index contributed by atoms with van der Waals surface area (Å²) >= 11 is 0. The van der Waals surface area contributed by atoms with Crippen molar-refractivity contribution in [1.29, 1.82) is 0 Å². The van der Waals surface area contributed by atoms with Gasteiger partial charge in [0.2, 0.25) is 0 Å². The van der Waals surface area contributed by atoms with Crippen LogP contribution in [-0.2, 0) is 6.42 Å². The zero-order chi connectivity index (χ0) is 14.4. The number of benzene rings is 1. The van der Waals surface area contributed by atoms with E-state index in [1.807, 2.05) is 13.0 Å². The van der Waals surface area contributed by atoms with Crippen molar-refractivity contribution in [2.45, 2.75) is 26.7 Å². The molecule has 4 heteroatoms. The normalized spacial score (nSPS) is 10.6. The van der Waals surface area contributed by atoms with Crippen LogP contribution >= 0.6 is 0 Å². The second-order valence-corrected chi connectivity index (χ2v) is 4.89. The molecule has 20 heavy (non-hydrogen) atoms. The second-order valence-electron chi connectivity index (χ2n) is 4.89. The van der Waals surface area contributed by atoms with Crippen molar-refractivity contribution >= 4 is 5.82 Å². The molecule has 1 heterocycles. The minimum atomic E-state index is -0.181. The first-order valence-electron chi connectivity index (χ1n) is 6.97. The van der Waals surface area contributed by atoms with Crippen molar-refractivity contribution in [1.82, 2.24) is 9.97 Å². The topological polar surface area (TPSA) is 29.0 Å². The van der Waals surface area contributed by atoms with Gasteiger partial charge >= 0.3 is 0 Å². The fraction of sp³-hybridized carbons (Fsp3) is 0.375. The minimum absolute atomic E-state index is 0.181. The number of aromatic nitrogens is 2. The first kappa shape index (κ1) is 14.4. The Bertz CT molecular complexity index is 557. The van der Waals surface area contributed by atoms with Gasteiger partial charge in [-0.2, -0.15) is 0 Å². The third-order valence-electron chi connectivity index (χ3n) is 3.12. The van der Waals surface area contributed by atoms with Crippen LogP contribution in [0.4, 0.5) is 10.2 Å². The molecule has 2 aromatic rings. The average molecular weight is 273 g/mol. The van der Waals surface area contributed by atoms with Crippen molar-refractivity contribution in [2.24, 2.45) is 0 Å².